The van der Waals surface area contributed by atoms with Gasteiger partial charge >= 0.3 is 10.1 Å². The van der Waals surface area contributed by atoms with Crippen LogP contribution in [0.2, 0.25) is 0 Å². The summed E-state index contributed by atoms with van der Waals surface area (Å²) in [6, 6.07) is 30.4. The van der Waals surface area contributed by atoms with Crippen molar-refractivity contribution in [3.05, 3.63) is 120 Å². The monoisotopic (exact) mass is 494 g/mol. The first kappa shape index (κ1) is 23.3. The molecule has 5 aromatic carbocycles. The number of rotatable bonds is 6. The largest absolute Gasteiger partial charge is 0.378 e. The van der Waals surface area contributed by atoms with Gasteiger partial charge in [0.1, 0.15) is 4.90 Å². The molecule has 178 valence electrons. The standard InChI is InChI=1S/C29H22N2O4S/c1-20-10-15-25(16-11-20)36(33,34)35-28-17-14-22-7-4-5-9-26(22)27(28)19-30-31-29(32)24-13-12-21-6-2-3-8-23(21)18-24/h2-19H,1H3,(H,31,32)/b30-19-. The maximum Gasteiger partial charge on any atom is 0.339 e. The minimum atomic E-state index is -4.08. The first-order chi connectivity index (χ1) is 17.4. The SMILES string of the molecule is Cc1ccc(S(=O)(=O)Oc2ccc3ccccc3c2/C=N\NC(=O)c2ccc3ccccc3c2)cc1. The first-order valence-corrected chi connectivity index (χ1v) is 12.7. The predicted molar refractivity (Wildman–Crippen MR) is 142 cm³/mol. The zero-order valence-electron chi connectivity index (χ0n) is 19.4. The van der Waals surface area contributed by atoms with Crippen molar-refractivity contribution in [2.24, 2.45) is 5.10 Å². The third-order valence-corrected chi connectivity index (χ3v) is 7.06. The fourth-order valence-corrected chi connectivity index (χ4v) is 4.85. The Kier molecular flexibility index (Phi) is 6.23. The second-order valence-electron chi connectivity index (χ2n) is 8.31. The number of nitrogens with zero attached hydrogens (tertiary/aromatic N) is 1. The Balaban J connectivity index is 1.45. The summed E-state index contributed by atoms with van der Waals surface area (Å²) in [6.45, 7) is 1.88. The van der Waals surface area contributed by atoms with Gasteiger partial charge in [-0.05, 0) is 58.8 Å². The molecule has 0 spiro atoms. The fraction of sp³-hybridized carbons (Fsp3) is 0.0345. The molecule has 1 N–H and O–H groups in total. The molecule has 0 unspecified atom stereocenters. The Morgan fingerprint density at radius 3 is 2.25 bits per heavy atom. The van der Waals surface area contributed by atoms with E-state index in [1.807, 2.05) is 61.5 Å². The van der Waals surface area contributed by atoms with Crippen LogP contribution in [-0.4, -0.2) is 20.5 Å². The van der Waals surface area contributed by atoms with Gasteiger partial charge in [0.2, 0.25) is 0 Å². The van der Waals surface area contributed by atoms with E-state index in [2.05, 4.69) is 10.5 Å². The molecule has 0 aliphatic heterocycles. The summed E-state index contributed by atoms with van der Waals surface area (Å²) in [5.74, 6) is -0.273. The van der Waals surface area contributed by atoms with Gasteiger partial charge in [-0.3, -0.25) is 4.79 Å². The number of carbonyl (C=O) groups excluding carboxylic acids is 1. The number of hydrazone groups is 1. The summed E-state index contributed by atoms with van der Waals surface area (Å²) in [6.07, 6.45) is 1.40. The van der Waals surface area contributed by atoms with Gasteiger partial charge in [-0.15, -0.1) is 0 Å². The van der Waals surface area contributed by atoms with Gasteiger partial charge in [-0.1, -0.05) is 78.4 Å². The van der Waals surface area contributed by atoms with Crippen molar-refractivity contribution in [3.63, 3.8) is 0 Å². The second-order valence-corrected chi connectivity index (χ2v) is 9.86. The second kappa shape index (κ2) is 9.64. The Hall–Kier alpha value is -4.49. The van der Waals surface area contributed by atoms with Crippen LogP contribution in [0, 0.1) is 6.92 Å². The number of nitrogens with one attached hydrogen (secondary N) is 1. The normalized spacial score (nSPS) is 11.7. The van der Waals surface area contributed by atoms with Crippen LogP contribution in [0.4, 0.5) is 0 Å². The molecule has 36 heavy (non-hydrogen) atoms. The molecule has 1 amide bonds. The van der Waals surface area contributed by atoms with Gasteiger partial charge in [-0.25, -0.2) is 5.43 Å². The fourth-order valence-electron chi connectivity index (χ4n) is 3.90. The van der Waals surface area contributed by atoms with Crippen LogP contribution in [0.1, 0.15) is 21.5 Å². The molecule has 5 aromatic rings. The molecule has 0 saturated carbocycles. The maximum atomic E-state index is 12.9. The molecular formula is C29H22N2O4S. The quantitative estimate of drug-likeness (QED) is 0.183. The Bertz CT molecular complexity index is 1730. The van der Waals surface area contributed by atoms with Gasteiger partial charge < -0.3 is 4.18 Å². The van der Waals surface area contributed by atoms with Crippen molar-refractivity contribution < 1.29 is 17.4 Å². The number of carbonyl (C=O) groups is 1. The van der Waals surface area contributed by atoms with Gasteiger partial charge in [0.25, 0.3) is 5.91 Å². The summed E-state index contributed by atoms with van der Waals surface area (Å²) in [5, 5.41) is 7.71. The number of fused-ring (bicyclic) bond motifs is 2. The first-order valence-electron chi connectivity index (χ1n) is 11.3. The smallest absolute Gasteiger partial charge is 0.339 e. The summed E-state index contributed by atoms with van der Waals surface area (Å²) in [7, 11) is -4.08. The van der Waals surface area contributed by atoms with Crippen LogP contribution in [0.5, 0.6) is 5.75 Å². The summed E-state index contributed by atoms with van der Waals surface area (Å²) < 4.78 is 31.4. The third kappa shape index (κ3) is 4.82. The number of benzene rings is 5. The van der Waals surface area contributed by atoms with Crippen molar-refractivity contribution in [1.29, 1.82) is 0 Å². The Labute approximate surface area is 209 Å². The van der Waals surface area contributed by atoms with Crippen molar-refractivity contribution in [2.75, 3.05) is 0 Å². The molecule has 0 fully saturated rings. The predicted octanol–water partition coefficient (Wildman–Crippen LogP) is 5.83. The van der Waals surface area contributed by atoms with E-state index in [9.17, 15) is 13.2 Å². The zero-order valence-corrected chi connectivity index (χ0v) is 20.2. The molecule has 0 atom stereocenters. The molecule has 0 bridgehead atoms. The lowest BCUT2D eigenvalue weighted by Crippen LogP contribution is -2.17. The van der Waals surface area contributed by atoms with Gasteiger partial charge in [0.15, 0.2) is 5.75 Å². The summed E-state index contributed by atoms with van der Waals surface area (Å²) >= 11 is 0. The van der Waals surface area contributed by atoms with E-state index in [4.69, 9.17) is 4.18 Å². The Morgan fingerprint density at radius 1 is 0.806 bits per heavy atom. The zero-order chi connectivity index (χ0) is 25.1. The van der Waals surface area contributed by atoms with Crippen LogP contribution in [0.25, 0.3) is 21.5 Å². The summed E-state index contributed by atoms with van der Waals surface area (Å²) in [4.78, 5) is 12.8. The van der Waals surface area contributed by atoms with Crippen LogP contribution in [0.15, 0.2) is 113 Å². The Morgan fingerprint density at radius 2 is 1.47 bits per heavy atom. The van der Waals surface area contributed by atoms with Crippen LogP contribution >= 0.6 is 0 Å². The molecule has 5 rings (SSSR count). The molecule has 0 saturated heterocycles. The highest BCUT2D eigenvalue weighted by atomic mass is 32.2. The number of amides is 1. The maximum absolute atomic E-state index is 12.9. The van der Waals surface area contributed by atoms with E-state index in [0.717, 1.165) is 27.1 Å². The average Bonchev–Trinajstić information content (AvgIpc) is 2.89. The number of hydrogen-bond acceptors (Lipinski definition) is 5. The highest BCUT2D eigenvalue weighted by Crippen LogP contribution is 2.29. The average molecular weight is 495 g/mol. The van der Waals surface area contributed by atoms with Gasteiger partial charge in [0, 0.05) is 11.1 Å². The van der Waals surface area contributed by atoms with Crippen molar-refractivity contribution in [1.82, 2.24) is 5.43 Å². The number of hydrogen-bond donors (Lipinski definition) is 1. The lowest BCUT2D eigenvalue weighted by atomic mass is 10.0. The van der Waals surface area contributed by atoms with Crippen LogP contribution < -0.4 is 9.61 Å². The molecule has 0 aliphatic carbocycles. The topological polar surface area (TPSA) is 84.8 Å². The molecule has 6 nitrogen and oxygen atoms in total. The van der Waals surface area contributed by atoms with E-state index < -0.39 is 10.1 Å². The van der Waals surface area contributed by atoms with Crippen molar-refractivity contribution in [2.45, 2.75) is 11.8 Å². The highest BCUT2D eigenvalue weighted by Gasteiger charge is 2.19. The van der Waals surface area contributed by atoms with Crippen LogP contribution in [-0.2, 0) is 10.1 Å². The molecule has 0 aliphatic rings. The molecular weight excluding hydrogens is 472 g/mol. The minimum Gasteiger partial charge on any atom is -0.378 e. The molecule has 0 radical (unpaired) electrons. The van der Waals surface area contributed by atoms with Gasteiger partial charge in [-0.2, -0.15) is 13.5 Å². The summed E-state index contributed by atoms with van der Waals surface area (Å²) in [5.41, 5.74) is 4.36. The van der Waals surface area contributed by atoms with E-state index >= 15 is 0 Å². The van der Waals surface area contributed by atoms with Gasteiger partial charge in [0.05, 0.1) is 6.21 Å². The lowest BCUT2D eigenvalue weighted by Gasteiger charge is -2.12. The third-order valence-electron chi connectivity index (χ3n) is 5.81. The lowest BCUT2D eigenvalue weighted by molar-refractivity contribution is 0.0955. The van der Waals surface area contributed by atoms with Crippen LogP contribution in [0.3, 0.4) is 0 Å². The van der Waals surface area contributed by atoms with E-state index in [1.165, 1.54) is 18.3 Å². The van der Waals surface area contributed by atoms with E-state index in [-0.39, 0.29) is 16.6 Å². The van der Waals surface area contributed by atoms with E-state index in [1.54, 1.807) is 36.4 Å². The minimum absolute atomic E-state index is 0.0498. The molecule has 0 heterocycles. The van der Waals surface area contributed by atoms with Crippen molar-refractivity contribution in [3.8, 4) is 5.75 Å². The number of aryl methyl sites for hydroxylation is 1. The highest BCUT2D eigenvalue weighted by molar-refractivity contribution is 7.87. The van der Waals surface area contributed by atoms with E-state index in [0.29, 0.717) is 11.1 Å². The van der Waals surface area contributed by atoms with Crippen molar-refractivity contribution >= 4 is 43.8 Å². The molecule has 0 aromatic heterocycles. The molecule has 7 heteroatoms.